The number of nitrogens with zero attached hydrogens (tertiary/aromatic N) is 2. The number of benzene rings is 2. The van der Waals surface area contributed by atoms with Gasteiger partial charge in [0.25, 0.3) is 11.6 Å². The van der Waals surface area contributed by atoms with Crippen LogP contribution in [0, 0.1) is 17.0 Å². The van der Waals surface area contributed by atoms with Crippen LogP contribution in [0.1, 0.15) is 35.2 Å². The standard InChI is InChI=1S/C21H23N3O7S/c1-15-6-5-7-18(20(15)24(27)28)21(26)31-14-19(25)22-16-8-10-17(11-9-16)32(29,30)23-12-3-2-4-13-23/h5-11H,2-4,12-14H2,1H3,(H,22,25). The van der Waals surface area contributed by atoms with Crippen molar-refractivity contribution in [3.05, 3.63) is 63.7 Å². The Kier molecular flexibility index (Phi) is 7.21. The summed E-state index contributed by atoms with van der Waals surface area (Å²) < 4.78 is 31.7. The Bertz CT molecular complexity index is 1120. The zero-order chi connectivity index (χ0) is 23.3. The number of rotatable bonds is 7. The molecule has 1 aliphatic heterocycles. The lowest BCUT2D eigenvalue weighted by Crippen LogP contribution is -2.35. The van der Waals surface area contributed by atoms with Gasteiger partial charge in [0, 0.05) is 24.3 Å². The number of piperidine rings is 1. The highest BCUT2D eigenvalue weighted by molar-refractivity contribution is 7.89. The SMILES string of the molecule is Cc1cccc(C(=O)OCC(=O)Nc2ccc(S(=O)(=O)N3CCCCC3)cc2)c1[N+](=O)[O-]. The van der Waals surface area contributed by atoms with E-state index in [0.717, 1.165) is 19.3 Å². The van der Waals surface area contributed by atoms with E-state index in [1.807, 2.05) is 0 Å². The van der Waals surface area contributed by atoms with Gasteiger partial charge in [0.1, 0.15) is 5.56 Å². The first kappa shape index (κ1) is 23.4. The largest absolute Gasteiger partial charge is 0.452 e. The summed E-state index contributed by atoms with van der Waals surface area (Å²) in [5, 5.41) is 13.7. The third kappa shape index (κ3) is 5.29. The molecule has 10 nitrogen and oxygen atoms in total. The summed E-state index contributed by atoms with van der Waals surface area (Å²) in [6.07, 6.45) is 2.67. The lowest BCUT2D eigenvalue weighted by Gasteiger charge is -2.25. The molecule has 3 rings (SSSR count). The predicted molar refractivity (Wildman–Crippen MR) is 116 cm³/mol. The van der Waals surface area contributed by atoms with E-state index in [2.05, 4.69) is 5.32 Å². The zero-order valence-electron chi connectivity index (χ0n) is 17.4. The molecule has 0 aliphatic carbocycles. The van der Waals surface area contributed by atoms with Gasteiger partial charge in [-0.1, -0.05) is 18.6 Å². The van der Waals surface area contributed by atoms with E-state index in [1.165, 1.54) is 53.7 Å². The Balaban J connectivity index is 1.59. The van der Waals surface area contributed by atoms with Gasteiger partial charge in [-0.2, -0.15) is 4.31 Å². The van der Waals surface area contributed by atoms with Gasteiger partial charge in [0.05, 0.1) is 9.82 Å². The quantitative estimate of drug-likeness (QED) is 0.380. The van der Waals surface area contributed by atoms with Crippen LogP contribution < -0.4 is 5.32 Å². The number of nitro benzene ring substituents is 1. The maximum Gasteiger partial charge on any atom is 0.345 e. The number of esters is 1. The van der Waals surface area contributed by atoms with Gasteiger partial charge in [-0.15, -0.1) is 0 Å². The number of hydrogen-bond acceptors (Lipinski definition) is 7. The molecule has 0 unspecified atom stereocenters. The minimum Gasteiger partial charge on any atom is -0.452 e. The van der Waals surface area contributed by atoms with Crippen molar-refractivity contribution in [2.24, 2.45) is 0 Å². The van der Waals surface area contributed by atoms with E-state index in [0.29, 0.717) is 24.3 Å². The Hall–Kier alpha value is -3.31. The number of sulfonamides is 1. The number of anilines is 1. The van der Waals surface area contributed by atoms with Crippen molar-refractivity contribution in [2.75, 3.05) is 25.0 Å². The van der Waals surface area contributed by atoms with E-state index in [4.69, 9.17) is 4.74 Å². The molecule has 1 saturated heterocycles. The summed E-state index contributed by atoms with van der Waals surface area (Å²) in [4.78, 5) is 35.0. The van der Waals surface area contributed by atoms with Crippen LogP contribution in [0.2, 0.25) is 0 Å². The monoisotopic (exact) mass is 461 g/mol. The highest BCUT2D eigenvalue weighted by Gasteiger charge is 2.26. The number of amides is 1. The third-order valence-corrected chi connectivity index (χ3v) is 6.98. The van der Waals surface area contributed by atoms with Crippen LogP contribution in [0.15, 0.2) is 47.4 Å². The minimum absolute atomic E-state index is 0.135. The summed E-state index contributed by atoms with van der Waals surface area (Å²) in [7, 11) is -3.58. The Morgan fingerprint density at radius 2 is 1.75 bits per heavy atom. The van der Waals surface area contributed by atoms with Crippen molar-refractivity contribution < 1.29 is 27.7 Å². The molecular formula is C21H23N3O7S. The summed E-state index contributed by atoms with van der Waals surface area (Å²) in [6, 6.07) is 9.94. The summed E-state index contributed by atoms with van der Waals surface area (Å²) in [5.74, 6) is -1.65. The number of para-hydroxylation sites is 1. The maximum atomic E-state index is 12.7. The van der Waals surface area contributed by atoms with Crippen molar-refractivity contribution in [1.29, 1.82) is 0 Å². The first-order valence-corrected chi connectivity index (χ1v) is 11.5. The summed E-state index contributed by atoms with van der Waals surface area (Å²) in [5.41, 5.74) is 0.0113. The molecule has 32 heavy (non-hydrogen) atoms. The average Bonchev–Trinajstić information content (AvgIpc) is 2.78. The van der Waals surface area contributed by atoms with Gasteiger partial charge in [0.2, 0.25) is 10.0 Å². The fourth-order valence-electron chi connectivity index (χ4n) is 3.44. The third-order valence-electron chi connectivity index (χ3n) is 5.07. The Labute approximate surface area is 185 Å². The van der Waals surface area contributed by atoms with Crippen LogP contribution in [0.4, 0.5) is 11.4 Å². The van der Waals surface area contributed by atoms with Crippen molar-refractivity contribution in [2.45, 2.75) is 31.1 Å². The van der Waals surface area contributed by atoms with Crippen molar-refractivity contribution in [1.82, 2.24) is 4.31 Å². The number of carbonyl (C=O) groups is 2. The molecule has 1 N–H and O–H groups in total. The van der Waals surface area contributed by atoms with Crippen LogP contribution in [0.25, 0.3) is 0 Å². The molecule has 0 radical (unpaired) electrons. The number of nitrogens with one attached hydrogen (secondary N) is 1. The molecular weight excluding hydrogens is 438 g/mol. The van der Waals surface area contributed by atoms with E-state index >= 15 is 0 Å². The van der Waals surface area contributed by atoms with Gasteiger partial charge in [-0.3, -0.25) is 14.9 Å². The second kappa shape index (κ2) is 9.88. The fourth-order valence-corrected chi connectivity index (χ4v) is 4.95. The second-order valence-electron chi connectivity index (χ2n) is 7.34. The van der Waals surface area contributed by atoms with Crippen molar-refractivity contribution in [3.8, 4) is 0 Å². The summed E-state index contributed by atoms with van der Waals surface area (Å²) in [6.45, 7) is 1.82. The van der Waals surface area contributed by atoms with E-state index in [9.17, 15) is 28.1 Å². The smallest absolute Gasteiger partial charge is 0.345 e. The second-order valence-corrected chi connectivity index (χ2v) is 9.28. The van der Waals surface area contributed by atoms with Crippen LogP contribution >= 0.6 is 0 Å². The highest BCUT2D eigenvalue weighted by Crippen LogP contribution is 2.24. The molecule has 0 saturated carbocycles. The molecule has 1 heterocycles. The number of hydrogen-bond donors (Lipinski definition) is 1. The number of aryl methyl sites for hydroxylation is 1. The van der Waals surface area contributed by atoms with Gasteiger partial charge in [-0.05, 0) is 50.1 Å². The molecule has 2 aromatic rings. The number of carbonyl (C=O) groups excluding carboxylic acids is 2. The average molecular weight is 461 g/mol. The van der Waals surface area contributed by atoms with E-state index in [1.54, 1.807) is 0 Å². The molecule has 2 aromatic carbocycles. The number of ether oxygens (including phenoxy) is 1. The molecule has 1 amide bonds. The van der Waals surface area contributed by atoms with Gasteiger partial charge in [-0.25, -0.2) is 13.2 Å². The lowest BCUT2D eigenvalue weighted by atomic mass is 10.1. The zero-order valence-corrected chi connectivity index (χ0v) is 18.3. The van der Waals surface area contributed by atoms with Crippen LogP contribution in [-0.4, -0.2) is 49.2 Å². The minimum atomic E-state index is -3.58. The maximum absolute atomic E-state index is 12.7. The topological polar surface area (TPSA) is 136 Å². The van der Waals surface area contributed by atoms with Crippen LogP contribution in [-0.2, 0) is 19.6 Å². The molecule has 0 atom stereocenters. The Morgan fingerprint density at radius 1 is 1.09 bits per heavy atom. The molecule has 1 fully saturated rings. The summed E-state index contributed by atoms with van der Waals surface area (Å²) >= 11 is 0. The van der Waals surface area contributed by atoms with E-state index in [-0.39, 0.29) is 16.1 Å². The van der Waals surface area contributed by atoms with Crippen molar-refractivity contribution >= 4 is 33.3 Å². The van der Waals surface area contributed by atoms with Gasteiger partial charge < -0.3 is 10.1 Å². The molecule has 170 valence electrons. The molecule has 0 aromatic heterocycles. The van der Waals surface area contributed by atoms with E-state index < -0.39 is 33.4 Å². The first-order chi connectivity index (χ1) is 15.2. The van der Waals surface area contributed by atoms with Crippen LogP contribution in [0.3, 0.4) is 0 Å². The fraction of sp³-hybridized carbons (Fsp3) is 0.333. The molecule has 0 spiro atoms. The van der Waals surface area contributed by atoms with Gasteiger partial charge in [0.15, 0.2) is 6.61 Å². The first-order valence-electron chi connectivity index (χ1n) is 10.0. The lowest BCUT2D eigenvalue weighted by molar-refractivity contribution is -0.385. The molecule has 11 heteroatoms. The molecule has 0 bridgehead atoms. The normalized spacial score (nSPS) is 14.5. The van der Waals surface area contributed by atoms with Crippen molar-refractivity contribution in [3.63, 3.8) is 0 Å². The van der Waals surface area contributed by atoms with Gasteiger partial charge >= 0.3 is 5.97 Å². The predicted octanol–water partition coefficient (Wildman–Crippen LogP) is 2.87. The highest BCUT2D eigenvalue weighted by atomic mass is 32.2. The number of nitro groups is 1. The molecule has 1 aliphatic rings. The Morgan fingerprint density at radius 3 is 2.38 bits per heavy atom. The van der Waals surface area contributed by atoms with Crippen LogP contribution in [0.5, 0.6) is 0 Å².